The van der Waals surface area contributed by atoms with Crippen LogP contribution >= 0.6 is 0 Å². The first-order valence-corrected chi connectivity index (χ1v) is 8.25. The molecule has 1 unspecified atom stereocenters. The molecule has 5 nitrogen and oxygen atoms in total. The summed E-state index contributed by atoms with van der Waals surface area (Å²) < 4.78 is 11.3. The summed E-state index contributed by atoms with van der Waals surface area (Å²) in [5, 5.41) is 14.0. The van der Waals surface area contributed by atoms with Crippen LogP contribution in [0.2, 0.25) is 0 Å². The highest BCUT2D eigenvalue weighted by molar-refractivity contribution is 5.91. The van der Waals surface area contributed by atoms with Gasteiger partial charge in [-0.2, -0.15) is 0 Å². The van der Waals surface area contributed by atoms with Gasteiger partial charge in [-0.1, -0.05) is 37.3 Å². The zero-order valence-corrected chi connectivity index (χ0v) is 14.1. The van der Waals surface area contributed by atoms with E-state index in [1.807, 2.05) is 49.4 Å². The van der Waals surface area contributed by atoms with Crippen molar-refractivity contribution in [1.82, 2.24) is 5.32 Å². The zero-order valence-electron chi connectivity index (χ0n) is 14.1. The summed E-state index contributed by atoms with van der Waals surface area (Å²) in [6, 6.07) is 17.3. The van der Waals surface area contributed by atoms with Crippen LogP contribution in [0.1, 0.15) is 23.2 Å². The average Bonchev–Trinajstić information content (AvgIpc) is 3.13. The fourth-order valence-electron chi connectivity index (χ4n) is 2.41. The molecular formula is C20H21NO4. The van der Waals surface area contributed by atoms with Crippen molar-refractivity contribution in [2.24, 2.45) is 5.92 Å². The topological polar surface area (TPSA) is 71.7 Å². The third-order valence-electron chi connectivity index (χ3n) is 3.91. The molecule has 3 aromatic rings. The van der Waals surface area contributed by atoms with E-state index in [9.17, 15) is 4.79 Å². The van der Waals surface area contributed by atoms with E-state index >= 15 is 0 Å². The Hall–Kier alpha value is -2.79. The van der Waals surface area contributed by atoms with E-state index in [-0.39, 0.29) is 30.8 Å². The molecule has 0 spiro atoms. The molecule has 0 saturated carbocycles. The number of hydrogen-bond acceptors (Lipinski definition) is 4. The fraction of sp³-hybridized carbons (Fsp3) is 0.250. The standard InChI is InChI=1S/C20H21NO4/c1-14(12-22)11-21-20(23)19-9-8-18(25-19)13-24-17-7-6-15-4-2-3-5-16(15)10-17/h2-10,14,22H,11-13H2,1H3,(H,21,23). The lowest BCUT2D eigenvalue weighted by molar-refractivity contribution is 0.0910. The van der Waals surface area contributed by atoms with Crippen LogP contribution in [0, 0.1) is 5.92 Å². The number of hydrogen-bond donors (Lipinski definition) is 2. The molecule has 0 aliphatic rings. The summed E-state index contributed by atoms with van der Waals surface area (Å²) in [6.07, 6.45) is 0. The van der Waals surface area contributed by atoms with E-state index in [0.29, 0.717) is 12.3 Å². The first-order valence-electron chi connectivity index (χ1n) is 8.25. The summed E-state index contributed by atoms with van der Waals surface area (Å²) in [4.78, 5) is 12.0. The highest BCUT2D eigenvalue weighted by Crippen LogP contribution is 2.21. The van der Waals surface area contributed by atoms with Gasteiger partial charge in [0.1, 0.15) is 18.1 Å². The summed E-state index contributed by atoms with van der Waals surface area (Å²) in [6.45, 7) is 2.53. The molecule has 3 rings (SSSR count). The number of ether oxygens (including phenoxy) is 1. The van der Waals surface area contributed by atoms with E-state index < -0.39 is 0 Å². The molecule has 5 heteroatoms. The number of benzene rings is 2. The molecule has 1 atom stereocenters. The SMILES string of the molecule is CC(CO)CNC(=O)c1ccc(COc2ccc3ccccc3c2)o1. The Morgan fingerprint density at radius 2 is 1.96 bits per heavy atom. The lowest BCUT2D eigenvalue weighted by Gasteiger charge is -2.08. The second-order valence-electron chi connectivity index (χ2n) is 6.06. The molecule has 0 radical (unpaired) electrons. The minimum Gasteiger partial charge on any atom is -0.486 e. The second-order valence-corrected chi connectivity index (χ2v) is 6.06. The molecule has 0 bridgehead atoms. The first kappa shape index (κ1) is 17.0. The van der Waals surface area contributed by atoms with E-state index in [0.717, 1.165) is 16.5 Å². The van der Waals surface area contributed by atoms with Gasteiger partial charge in [0.05, 0.1) is 0 Å². The number of fused-ring (bicyclic) bond motifs is 1. The van der Waals surface area contributed by atoms with Gasteiger partial charge in [-0.25, -0.2) is 0 Å². The van der Waals surface area contributed by atoms with Gasteiger partial charge in [-0.05, 0) is 41.0 Å². The van der Waals surface area contributed by atoms with Crippen molar-refractivity contribution >= 4 is 16.7 Å². The maximum absolute atomic E-state index is 12.0. The zero-order chi connectivity index (χ0) is 17.6. The van der Waals surface area contributed by atoms with Crippen LogP contribution in [-0.2, 0) is 6.61 Å². The number of carbonyl (C=O) groups is 1. The molecule has 130 valence electrons. The second kappa shape index (κ2) is 7.85. The maximum atomic E-state index is 12.0. The largest absolute Gasteiger partial charge is 0.486 e. The quantitative estimate of drug-likeness (QED) is 0.692. The molecule has 25 heavy (non-hydrogen) atoms. The number of carbonyl (C=O) groups excluding carboxylic acids is 1. The summed E-state index contributed by atoms with van der Waals surface area (Å²) in [5.41, 5.74) is 0. The molecule has 0 fully saturated rings. The van der Waals surface area contributed by atoms with Gasteiger partial charge in [-0.3, -0.25) is 4.79 Å². The molecule has 2 N–H and O–H groups in total. The predicted octanol–water partition coefficient (Wildman–Crippen LogP) is 3.37. The molecule has 2 aromatic carbocycles. The van der Waals surface area contributed by atoms with Crippen LogP contribution in [-0.4, -0.2) is 24.2 Å². The van der Waals surface area contributed by atoms with Crippen molar-refractivity contribution in [1.29, 1.82) is 0 Å². The fourth-order valence-corrected chi connectivity index (χ4v) is 2.41. The Morgan fingerprint density at radius 3 is 2.76 bits per heavy atom. The summed E-state index contributed by atoms with van der Waals surface area (Å²) >= 11 is 0. The highest BCUT2D eigenvalue weighted by atomic mass is 16.5. The van der Waals surface area contributed by atoms with Gasteiger partial charge in [-0.15, -0.1) is 0 Å². The summed E-state index contributed by atoms with van der Waals surface area (Å²) in [5.74, 6) is 1.28. The van der Waals surface area contributed by atoms with Crippen molar-refractivity contribution in [3.63, 3.8) is 0 Å². The Balaban J connectivity index is 1.58. The van der Waals surface area contributed by atoms with Crippen molar-refractivity contribution in [2.75, 3.05) is 13.2 Å². The van der Waals surface area contributed by atoms with Crippen molar-refractivity contribution in [2.45, 2.75) is 13.5 Å². The van der Waals surface area contributed by atoms with Gasteiger partial charge < -0.3 is 19.6 Å². The Bertz CT molecular complexity index is 856. The van der Waals surface area contributed by atoms with Gasteiger partial charge in [0.15, 0.2) is 5.76 Å². The third-order valence-corrected chi connectivity index (χ3v) is 3.91. The van der Waals surface area contributed by atoms with Crippen LogP contribution in [0.5, 0.6) is 5.75 Å². The molecule has 1 amide bonds. The van der Waals surface area contributed by atoms with E-state index in [1.54, 1.807) is 12.1 Å². The maximum Gasteiger partial charge on any atom is 0.287 e. The number of nitrogens with one attached hydrogen (secondary N) is 1. The van der Waals surface area contributed by atoms with Crippen molar-refractivity contribution in [3.8, 4) is 5.75 Å². The normalized spacial score (nSPS) is 12.1. The molecule has 0 aliphatic heterocycles. The Kier molecular flexibility index (Phi) is 5.36. The van der Waals surface area contributed by atoms with E-state index in [1.165, 1.54) is 0 Å². The number of rotatable bonds is 7. The predicted molar refractivity (Wildman–Crippen MR) is 95.6 cm³/mol. The third kappa shape index (κ3) is 4.39. The lowest BCUT2D eigenvalue weighted by atomic mass is 10.1. The molecule has 0 aliphatic carbocycles. The highest BCUT2D eigenvalue weighted by Gasteiger charge is 2.12. The smallest absolute Gasteiger partial charge is 0.287 e. The van der Waals surface area contributed by atoms with Crippen LogP contribution in [0.3, 0.4) is 0 Å². The van der Waals surface area contributed by atoms with Gasteiger partial charge in [0, 0.05) is 13.2 Å². The number of amides is 1. The molecular weight excluding hydrogens is 318 g/mol. The molecule has 1 heterocycles. The Morgan fingerprint density at radius 1 is 1.16 bits per heavy atom. The number of aliphatic hydroxyl groups is 1. The average molecular weight is 339 g/mol. The Labute approximate surface area is 146 Å². The van der Waals surface area contributed by atoms with Crippen LogP contribution in [0.15, 0.2) is 59.0 Å². The van der Waals surface area contributed by atoms with Crippen molar-refractivity contribution in [3.05, 3.63) is 66.1 Å². The van der Waals surface area contributed by atoms with Crippen LogP contribution in [0.4, 0.5) is 0 Å². The van der Waals surface area contributed by atoms with Gasteiger partial charge in [0.25, 0.3) is 5.91 Å². The van der Waals surface area contributed by atoms with Gasteiger partial charge in [0.2, 0.25) is 0 Å². The summed E-state index contributed by atoms with van der Waals surface area (Å²) in [7, 11) is 0. The minimum atomic E-state index is -0.294. The number of furan rings is 1. The van der Waals surface area contributed by atoms with Crippen LogP contribution in [0.25, 0.3) is 10.8 Å². The monoisotopic (exact) mass is 339 g/mol. The molecule has 0 saturated heterocycles. The molecule has 1 aromatic heterocycles. The van der Waals surface area contributed by atoms with Crippen molar-refractivity contribution < 1.29 is 19.1 Å². The number of aliphatic hydroxyl groups excluding tert-OH is 1. The first-order chi connectivity index (χ1) is 12.2. The minimum absolute atomic E-state index is 0.00891. The van der Waals surface area contributed by atoms with Gasteiger partial charge >= 0.3 is 0 Å². The van der Waals surface area contributed by atoms with E-state index in [2.05, 4.69) is 5.32 Å². The van der Waals surface area contributed by atoms with Crippen LogP contribution < -0.4 is 10.1 Å². The van der Waals surface area contributed by atoms with E-state index in [4.69, 9.17) is 14.3 Å². The lowest BCUT2D eigenvalue weighted by Crippen LogP contribution is -2.29.